The van der Waals surface area contributed by atoms with Gasteiger partial charge in [-0.3, -0.25) is 9.59 Å². The molecule has 0 spiro atoms. The van der Waals surface area contributed by atoms with E-state index < -0.39 is 24.7 Å². The molecule has 134 valence electrons. The number of amides is 2. The van der Waals surface area contributed by atoms with Crippen LogP contribution < -0.4 is 15.4 Å². The minimum Gasteiger partial charge on any atom is -0.468 e. The van der Waals surface area contributed by atoms with Crippen LogP contribution in [0.5, 0.6) is 5.88 Å². The van der Waals surface area contributed by atoms with Gasteiger partial charge in [0.25, 0.3) is 0 Å². The molecule has 1 heterocycles. The van der Waals surface area contributed by atoms with Crippen molar-refractivity contribution in [3.63, 3.8) is 0 Å². The van der Waals surface area contributed by atoms with E-state index in [4.69, 9.17) is 0 Å². The molecule has 0 aliphatic rings. The Hall–Kier alpha value is -2.32. The fourth-order valence-electron chi connectivity index (χ4n) is 1.89. The summed E-state index contributed by atoms with van der Waals surface area (Å²) in [7, 11) is 0. The number of hydrogen-bond donors (Lipinski definition) is 2. The molecule has 0 aliphatic heterocycles. The average molecular weight is 347 g/mol. The number of hydrogen-bond acceptors (Lipinski definition) is 4. The van der Waals surface area contributed by atoms with Crippen molar-refractivity contribution in [3.05, 3.63) is 23.9 Å². The molecule has 0 aromatic carbocycles. The standard InChI is InChI=1S/C15H20F3N3O3/c1-9(2)12(21-10(3)22)13(23)20-7-11-5-4-6-19-14(11)24-8-15(16,17)18/h4-6,9,12H,7-8H2,1-3H3,(H,20,23)(H,21,22). The first kappa shape index (κ1) is 19.7. The largest absolute Gasteiger partial charge is 0.468 e. The number of pyridine rings is 1. The van der Waals surface area contributed by atoms with E-state index in [2.05, 4.69) is 20.4 Å². The van der Waals surface area contributed by atoms with Crippen molar-refractivity contribution in [2.24, 2.45) is 5.92 Å². The zero-order valence-corrected chi connectivity index (χ0v) is 13.6. The van der Waals surface area contributed by atoms with Gasteiger partial charge < -0.3 is 15.4 Å². The van der Waals surface area contributed by atoms with E-state index in [0.29, 0.717) is 5.56 Å². The molecule has 0 radical (unpaired) electrons. The molecule has 0 fully saturated rings. The first-order valence-electron chi connectivity index (χ1n) is 7.28. The van der Waals surface area contributed by atoms with Crippen LogP contribution in [0.25, 0.3) is 0 Å². The SMILES string of the molecule is CC(=O)NC(C(=O)NCc1cccnc1OCC(F)(F)F)C(C)C. The van der Waals surface area contributed by atoms with Gasteiger partial charge in [0.15, 0.2) is 6.61 Å². The lowest BCUT2D eigenvalue weighted by Crippen LogP contribution is -2.48. The Bertz CT molecular complexity index is 577. The van der Waals surface area contributed by atoms with Crippen LogP contribution in [0, 0.1) is 5.92 Å². The Morgan fingerprint density at radius 3 is 2.54 bits per heavy atom. The highest BCUT2D eigenvalue weighted by molar-refractivity contribution is 5.87. The summed E-state index contributed by atoms with van der Waals surface area (Å²) in [6.07, 6.45) is -3.18. The molecule has 2 N–H and O–H groups in total. The summed E-state index contributed by atoms with van der Waals surface area (Å²) in [6.45, 7) is 3.30. The van der Waals surface area contributed by atoms with Gasteiger partial charge in [-0.05, 0) is 12.0 Å². The minimum absolute atomic E-state index is 0.0668. The zero-order chi connectivity index (χ0) is 18.3. The molecular weight excluding hydrogens is 327 g/mol. The molecule has 24 heavy (non-hydrogen) atoms. The van der Waals surface area contributed by atoms with Crippen molar-refractivity contribution in [1.82, 2.24) is 15.6 Å². The first-order valence-corrected chi connectivity index (χ1v) is 7.28. The Labute approximate surface area is 137 Å². The maximum Gasteiger partial charge on any atom is 0.422 e. The number of ether oxygens (including phenoxy) is 1. The number of nitrogens with zero attached hydrogens (tertiary/aromatic N) is 1. The van der Waals surface area contributed by atoms with Gasteiger partial charge in [0.05, 0.1) is 0 Å². The Balaban J connectivity index is 2.72. The highest BCUT2D eigenvalue weighted by atomic mass is 19.4. The van der Waals surface area contributed by atoms with E-state index in [1.165, 1.54) is 25.3 Å². The van der Waals surface area contributed by atoms with Gasteiger partial charge >= 0.3 is 6.18 Å². The Morgan fingerprint density at radius 1 is 1.33 bits per heavy atom. The third-order valence-corrected chi connectivity index (χ3v) is 2.98. The second-order valence-corrected chi connectivity index (χ2v) is 5.51. The normalized spacial score (nSPS) is 12.6. The van der Waals surface area contributed by atoms with E-state index in [0.717, 1.165) is 0 Å². The van der Waals surface area contributed by atoms with Crippen LogP contribution in [0.3, 0.4) is 0 Å². The highest BCUT2D eigenvalue weighted by Gasteiger charge is 2.29. The van der Waals surface area contributed by atoms with Crippen LogP contribution in [0.1, 0.15) is 26.3 Å². The number of carbonyl (C=O) groups is 2. The summed E-state index contributed by atoms with van der Waals surface area (Å²) in [5.41, 5.74) is 0.306. The maximum absolute atomic E-state index is 12.2. The fourth-order valence-corrected chi connectivity index (χ4v) is 1.89. The summed E-state index contributed by atoms with van der Waals surface area (Å²) >= 11 is 0. The van der Waals surface area contributed by atoms with Crippen molar-refractivity contribution in [3.8, 4) is 5.88 Å². The van der Waals surface area contributed by atoms with Crippen LogP contribution in [-0.2, 0) is 16.1 Å². The molecule has 9 heteroatoms. The quantitative estimate of drug-likeness (QED) is 0.788. The number of aromatic nitrogens is 1. The van der Waals surface area contributed by atoms with Crippen molar-refractivity contribution in [1.29, 1.82) is 0 Å². The lowest BCUT2D eigenvalue weighted by molar-refractivity contribution is -0.154. The zero-order valence-electron chi connectivity index (χ0n) is 13.6. The van der Waals surface area contributed by atoms with Crippen molar-refractivity contribution in [2.75, 3.05) is 6.61 Å². The predicted molar refractivity (Wildman–Crippen MR) is 80.1 cm³/mol. The Kier molecular flexibility index (Phi) is 6.99. The smallest absolute Gasteiger partial charge is 0.422 e. The lowest BCUT2D eigenvalue weighted by atomic mass is 10.0. The summed E-state index contributed by atoms with van der Waals surface area (Å²) in [5, 5.41) is 5.10. The molecule has 0 aliphatic carbocycles. The monoisotopic (exact) mass is 347 g/mol. The van der Waals surface area contributed by atoms with Gasteiger partial charge in [0, 0.05) is 25.2 Å². The number of alkyl halides is 3. The van der Waals surface area contributed by atoms with E-state index in [-0.39, 0.29) is 24.2 Å². The molecule has 1 aromatic rings. The van der Waals surface area contributed by atoms with Crippen molar-refractivity contribution >= 4 is 11.8 Å². The molecule has 6 nitrogen and oxygen atoms in total. The molecule has 0 saturated heterocycles. The molecule has 1 atom stereocenters. The average Bonchev–Trinajstić information content (AvgIpc) is 2.47. The van der Waals surface area contributed by atoms with Crippen molar-refractivity contribution in [2.45, 2.75) is 39.5 Å². The lowest BCUT2D eigenvalue weighted by Gasteiger charge is -2.21. The fraction of sp³-hybridized carbons (Fsp3) is 0.533. The Morgan fingerprint density at radius 2 is 2.00 bits per heavy atom. The molecule has 1 aromatic heterocycles. The summed E-state index contributed by atoms with van der Waals surface area (Å²) in [6, 6.07) is 2.29. The number of carbonyl (C=O) groups excluding carboxylic acids is 2. The summed E-state index contributed by atoms with van der Waals surface area (Å²) in [5.74, 6) is -1.13. The predicted octanol–water partition coefficient (Wildman–Crippen LogP) is 1.80. The van der Waals surface area contributed by atoms with Crippen LogP contribution in [0.4, 0.5) is 13.2 Å². The molecule has 0 saturated carbocycles. The number of nitrogens with one attached hydrogen (secondary N) is 2. The molecule has 1 unspecified atom stereocenters. The van der Waals surface area contributed by atoms with Gasteiger partial charge in [-0.15, -0.1) is 0 Å². The van der Waals surface area contributed by atoms with Gasteiger partial charge in [0.1, 0.15) is 6.04 Å². The summed E-state index contributed by atoms with van der Waals surface area (Å²) < 4.78 is 41.4. The topological polar surface area (TPSA) is 80.3 Å². The van der Waals surface area contributed by atoms with Crippen LogP contribution in [0.2, 0.25) is 0 Å². The van der Waals surface area contributed by atoms with Crippen LogP contribution in [-0.4, -0.2) is 35.6 Å². The van der Waals surface area contributed by atoms with E-state index >= 15 is 0 Å². The molecule has 1 rings (SSSR count). The second kappa shape index (κ2) is 8.51. The van der Waals surface area contributed by atoms with Gasteiger partial charge in [0.2, 0.25) is 17.7 Å². The number of rotatable bonds is 7. The highest BCUT2D eigenvalue weighted by Crippen LogP contribution is 2.19. The third-order valence-electron chi connectivity index (χ3n) is 2.98. The van der Waals surface area contributed by atoms with E-state index in [9.17, 15) is 22.8 Å². The molecule has 0 bridgehead atoms. The minimum atomic E-state index is -4.48. The van der Waals surface area contributed by atoms with Crippen molar-refractivity contribution < 1.29 is 27.5 Å². The third kappa shape index (κ3) is 6.84. The van der Waals surface area contributed by atoms with Crippen LogP contribution in [0.15, 0.2) is 18.3 Å². The van der Waals surface area contributed by atoms with Crippen LogP contribution >= 0.6 is 0 Å². The van der Waals surface area contributed by atoms with Gasteiger partial charge in [-0.2, -0.15) is 13.2 Å². The van der Waals surface area contributed by atoms with Gasteiger partial charge in [-0.1, -0.05) is 19.9 Å². The molecule has 2 amide bonds. The second-order valence-electron chi connectivity index (χ2n) is 5.51. The van der Waals surface area contributed by atoms with Gasteiger partial charge in [-0.25, -0.2) is 4.98 Å². The maximum atomic E-state index is 12.2. The first-order chi connectivity index (χ1) is 11.1. The molecular formula is C15H20F3N3O3. The summed E-state index contributed by atoms with van der Waals surface area (Å²) in [4.78, 5) is 27.0. The number of halogens is 3. The van der Waals surface area contributed by atoms with E-state index in [1.807, 2.05) is 0 Å². The van der Waals surface area contributed by atoms with E-state index in [1.54, 1.807) is 13.8 Å².